The van der Waals surface area contributed by atoms with E-state index in [2.05, 4.69) is 27.4 Å². The van der Waals surface area contributed by atoms with Crippen LogP contribution in [0.3, 0.4) is 0 Å². The molecule has 1 atom stereocenters. The van der Waals surface area contributed by atoms with Gasteiger partial charge < -0.3 is 24.8 Å². The van der Waals surface area contributed by atoms with Gasteiger partial charge in [-0.3, -0.25) is 9.89 Å². The van der Waals surface area contributed by atoms with Gasteiger partial charge in [0.1, 0.15) is 0 Å². The van der Waals surface area contributed by atoms with Crippen molar-refractivity contribution < 1.29 is 14.2 Å². The van der Waals surface area contributed by atoms with E-state index in [4.69, 9.17) is 14.2 Å². The van der Waals surface area contributed by atoms with Crippen LogP contribution in [-0.4, -0.2) is 64.9 Å². The second-order valence-corrected chi connectivity index (χ2v) is 6.65. The highest BCUT2D eigenvalue weighted by Crippen LogP contribution is 2.38. The van der Waals surface area contributed by atoms with E-state index in [0.717, 1.165) is 24.5 Å². The minimum atomic E-state index is 0.548. The predicted molar refractivity (Wildman–Crippen MR) is 109 cm³/mol. The summed E-state index contributed by atoms with van der Waals surface area (Å²) in [6.45, 7) is 6.16. The third-order valence-corrected chi connectivity index (χ3v) is 5.04. The van der Waals surface area contributed by atoms with Crippen molar-refractivity contribution in [3.05, 3.63) is 17.7 Å². The molecule has 27 heavy (non-hydrogen) atoms. The summed E-state index contributed by atoms with van der Waals surface area (Å²) in [6, 6.07) is 4.44. The van der Waals surface area contributed by atoms with Gasteiger partial charge in [-0.2, -0.15) is 0 Å². The Bertz CT molecular complexity index is 590. The second-order valence-electron chi connectivity index (χ2n) is 6.65. The lowest BCUT2D eigenvalue weighted by Crippen LogP contribution is -2.46. The van der Waals surface area contributed by atoms with E-state index in [1.807, 2.05) is 12.1 Å². The highest BCUT2D eigenvalue weighted by molar-refractivity contribution is 5.79. The number of hydrogen-bond donors (Lipinski definition) is 2. The van der Waals surface area contributed by atoms with Crippen molar-refractivity contribution in [2.24, 2.45) is 4.99 Å². The summed E-state index contributed by atoms with van der Waals surface area (Å²) in [4.78, 5) is 6.91. The van der Waals surface area contributed by atoms with Gasteiger partial charge in [-0.05, 0) is 50.0 Å². The molecule has 0 aliphatic carbocycles. The van der Waals surface area contributed by atoms with Crippen LogP contribution in [0.15, 0.2) is 17.1 Å². The number of aliphatic imine (C=N–C) groups is 1. The quantitative estimate of drug-likeness (QED) is 0.507. The summed E-state index contributed by atoms with van der Waals surface area (Å²) in [7, 11) is 6.65. The number of nitrogens with zero attached hydrogens (tertiary/aromatic N) is 2. The fraction of sp³-hybridized carbons (Fsp3) is 0.650. The molecule has 0 amide bonds. The molecular formula is C20H34N4O3. The Morgan fingerprint density at radius 1 is 1.07 bits per heavy atom. The minimum absolute atomic E-state index is 0.548. The molecule has 7 heteroatoms. The molecule has 0 aromatic heterocycles. The first kappa shape index (κ1) is 21.2. The van der Waals surface area contributed by atoms with Crippen molar-refractivity contribution in [2.45, 2.75) is 38.8 Å². The summed E-state index contributed by atoms with van der Waals surface area (Å²) in [5.41, 5.74) is 1.03. The van der Waals surface area contributed by atoms with Crippen molar-refractivity contribution >= 4 is 5.96 Å². The number of methoxy groups -OCH3 is 3. The zero-order chi connectivity index (χ0) is 19.6. The molecule has 0 saturated carbocycles. The number of benzene rings is 1. The molecule has 1 fully saturated rings. The zero-order valence-corrected chi connectivity index (χ0v) is 17.3. The Balaban J connectivity index is 1.95. The van der Waals surface area contributed by atoms with Crippen LogP contribution in [-0.2, 0) is 6.54 Å². The molecular weight excluding hydrogens is 344 g/mol. The second kappa shape index (κ2) is 10.9. The Labute approximate surface area is 163 Å². The van der Waals surface area contributed by atoms with Crippen molar-refractivity contribution in [1.29, 1.82) is 0 Å². The number of likely N-dealkylation sites (tertiary alicyclic amines) is 1. The number of guanidine groups is 1. The molecule has 1 aromatic carbocycles. The largest absolute Gasteiger partial charge is 0.493 e. The number of ether oxygens (including phenoxy) is 3. The van der Waals surface area contributed by atoms with Gasteiger partial charge in [0.15, 0.2) is 17.5 Å². The van der Waals surface area contributed by atoms with E-state index < -0.39 is 0 Å². The average Bonchev–Trinajstić information content (AvgIpc) is 3.24. The molecule has 1 heterocycles. The van der Waals surface area contributed by atoms with Gasteiger partial charge in [0.2, 0.25) is 5.75 Å². The minimum Gasteiger partial charge on any atom is -0.493 e. The van der Waals surface area contributed by atoms with Crippen LogP contribution in [0.1, 0.15) is 31.7 Å². The lowest BCUT2D eigenvalue weighted by atomic mass is 10.1. The van der Waals surface area contributed by atoms with Gasteiger partial charge in [0, 0.05) is 26.2 Å². The third-order valence-electron chi connectivity index (χ3n) is 5.04. The van der Waals surface area contributed by atoms with Crippen molar-refractivity contribution in [2.75, 3.05) is 48.0 Å². The van der Waals surface area contributed by atoms with Gasteiger partial charge in [-0.15, -0.1) is 0 Å². The number of hydrogen-bond acceptors (Lipinski definition) is 5. The molecule has 1 unspecified atom stereocenters. The van der Waals surface area contributed by atoms with Crippen LogP contribution in [0.5, 0.6) is 17.2 Å². The lowest BCUT2D eigenvalue weighted by Gasteiger charge is -2.27. The molecule has 2 N–H and O–H groups in total. The monoisotopic (exact) mass is 378 g/mol. The van der Waals surface area contributed by atoms with Gasteiger partial charge >= 0.3 is 0 Å². The fourth-order valence-corrected chi connectivity index (χ4v) is 3.50. The number of rotatable bonds is 9. The van der Waals surface area contributed by atoms with Crippen LogP contribution in [0.2, 0.25) is 0 Å². The maximum atomic E-state index is 5.42. The molecule has 1 aliphatic rings. The first-order valence-electron chi connectivity index (χ1n) is 9.64. The topological polar surface area (TPSA) is 67.4 Å². The standard InChI is InChI=1S/C20H34N4O3/c1-6-16(24-9-7-8-10-24)14-23-20(21-2)22-13-15-11-17(25-3)19(27-5)18(12-15)26-4/h11-12,16H,6-10,13-14H2,1-5H3,(H2,21,22,23). The van der Waals surface area contributed by atoms with E-state index in [9.17, 15) is 0 Å². The van der Waals surface area contributed by atoms with Crippen molar-refractivity contribution in [3.8, 4) is 17.2 Å². The maximum Gasteiger partial charge on any atom is 0.203 e. The van der Waals surface area contributed by atoms with Gasteiger partial charge in [0.05, 0.1) is 21.3 Å². The van der Waals surface area contributed by atoms with E-state index in [1.165, 1.54) is 25.9 Å². The SMILES string of the molecule is CCC(CNC(=NC)NCc1cc(OC)c(OC)c(OC)c1)N1CCCC1. The van der Waals surface area contributed by atoms with Crippen LogP contribution in [0.4, 0.5) is 0 Å². The predicted octanol–water partition coefficient (Wildman–Crippen LogP) is 2.25. The molecule has 0 bridgehead atoms. The summed E-state index contributed by atoms with van der Waals surface area (Å²) < 4.78 is 16.2. The van der Waals surface area contributed by atoms with Crippen molar-refractivity contribution in [1.82, 2.24) is 15.5 Å². The molecule has 0 spiro atoms. The van der Waals surface area contributed by atoms with E-state index in [0.29, 0.717) is 29.8 Å². The summed E-state index contributed by atoms with van der Waals surface area (Å²) in [6.07, 6.45) is 3.76. The number of nitrogens with one attached hydrogen (secondary N) is 2. The fourth-order valence-electron chi connectivity index (χ4n) is 3.50. The normalized spacial score (nSPS) is 16.1. The summed E-state index contributed by atoms with van der Waals surface area (Å²) >= 11 is 0. The van der Waals surface area contributed by atoms with E-state index in [-0.39, 0.29) is 0 Å². The Kier molecular flexibility index (Phi) is 8.51. The van der Waals surface area contributed by atoms with Crippen LogP contribution in [0, 0.1) is 0 Å². The lowest BCUT2D eigenvalue weighted by molar-refractivity contribution is 0.236. The molecule has 0 radical (unpaired) electrons. The van der Waals surface area contributed by atoms with Gasteiger partial charge in [-0.1, -0.05) is 6.92 Å². The molecule has 1 saturated heterocycles. The van der Waals surface area contributed by atoms with E-state index >= 15 is 0 Å². The maximum absolute atomic E-state index is 5.42. The Morgan fingerprint density at radius 3 is 2.19 bits per heavy atom. The van der Waals surface area contributed by atoms with Gasteiger partial charge in [-0.25, -0.2) is 0 Å². The first-order chi connectivity index (χ1) is 13.2. The summed E-state index contributed by atoms with van der Waals surface area (Å²) in [5.74, 6) is 2.69. The molecule has 7 nitrogen and oxygen atoms in total. The molecule has 2 rings (SSSR count). The zero-order valence-electron chi connectivity index (χ0n) is 17.3. The molecule has 1 aromatic rings. The van der Waals surface area contributed by atoms with Crippen LogP contribution < -0.4 is 24.8 Å². The van der Waals surface area contributed by atoms with Crippen molar-refractivity contribution in [3.63, 3.8) is 0 Å². The van der Waals surface area contributed by atoms with E-state index in [1.54, 1.807) is 28.4 Å². The third kappa shape index (κ3) is 5.66. The highest BCUT2D eigenvalue weighted by Gasteiger charge is 2.20. The first-order valence-corrected chi connectivity index (χ1v) is 9.64. The smallest absolute Gasteiger partial charge is 0.203 e. The highest BCUT2D eigenvalue weighted by atomic mass is 16.5. The van der Waals surface area contributed by atoms with Crippen LogP contribution in [0.25, 0.3) is 0 Å². The Hall–Kier alpha value is -2.15. The van der Waals surface area contributed by atoms with Gasteiger partial charge in [0.25, 0.3) is 0 Å². The average molecular weight is 379 g/mol. The summed E-state index contributed by atoms with van der Waals surface area (Å²) in [5, 5.41) is 6.82. The Morgan fingerprint density at radius 2 is 1.70 bits per heavy atom. The van der Waals surface area contributed by atoms with Crippen LogP contribution >= 0.6 is 0 Å². The molecule has 1 aliphatic heterocycles. The molecule has 152 valence electrons.